The van der Waals surface area contributed by atoms with E-state index < -0.39 is 0 Å². The molecule has 0 bridgehead atoms. The highest BCUT2D eigenvalue weighted by Gasteiger charge is 2.24. The molecule has 0 radical (unpaired) electrons. The molecule has 2 aromatic rings. The zero-order chi connectivity index (χ0) is 17.8. The standard InChI is InChI=1S/C18H24FN5O/c1-3-17-13(10-23(2)22-17)11-24-9-8-16(12-24)21-18(25)20-15-6-4-14(19)5-7-15/h4-7,10,16H,3,8-9,11-12H2,1-2H3,(H2,20,21,25)/t16-/m0/s1. The van der Waals surface area contributed by atoms with E-state index >= 15 is 0 Å². The highest BCUT2D eigenvalue weighted by molar-refractivity contribution is 5.89. The van der Waals surface area contributed by atoms with Crippen LogP contribution >= 0.6 is 0 Å². The number of halogens is 1. The minimum absolute atomic E-state index is 0.113. The lowest BCUT2D eigenvalue weighted by Gasteiger charge is -2.17. The van der Waals surface area contributed by atoms with Crippen molar-refractivity contribution in [2.75, 3.05) is 18.4 Å². The van der Waals surface area contributed by atoms with Crippen molar-refractivity contribution in [1.82, 2.24) is 20.0 Å². The smallest absolute Gasteiger partial charge is 0.319 e. The zero-order valence-electron chi connectivity index (χ0n) is 14.6. The van der Waals surface area contributed by atoms with Crippen LogP contribution in [0, 0.1) is 5.82 Å². The molecule has 1 atom stereocenters. The van der Waals surface area contributed by atoms with Gasteiger partial charge in [-0.3, -0.25) is 9.58 Å². The SMILES string of the molecule is CCc1nn(C)cc1CN1CC[C@H](NC(=O)Nc2ccc(F)cc2)C1. The van der Waals surface area contributed by atoms with Crippen molar-refractivity contribution in [3.05, 3.63) is 47.5 Å². The lowest BCUT2D eigenvalue weighted by Crippen LogP contribution is -2.39. The van der Waals surface area contributed by atoms with Crippen molar-refractivity contribution in [3.63, 3.8) is 0 Å². The molecule has 1 saturated heterocycles. The number of aromatic nitrogens is 2. The molecule has 134 valence electrons. The van der Waals surface area contributed by atoms with Gasteiger partial charge in [0.15, 0.2) is 0 Å². The number of aryl methyl sites for hydroxylation is 2. The highest BCUT2D eigenvalue weighted by Crippen LogP contribution is 2.16. The molecular formula is C18H24FN5O. The van der Waals surface area contributed by atoms with Crippen LogP contribution in [0.5, 0.6) is 0 Å². The van der Waals surface area contributed by atoms with Crippen molar-refractivity contribution in [3.8, 4) is 0 Å². The number of hydrogen-bond donors (Lipinski definition) is 2. The van der Waals surface area contributed by atoms with Crippen LogP contribution in [-0.4, -0.2) is 39.8 Å². The van der Waals surface area contributed by atoms with Gasteiger partial charge < -0.3 is 10.6 Å². The van der Waals surface area contributed by atoms with Gasteiger partial charge in [0, 0.05) is 50.2 Å². The number of nitrogens with zero attached hydrogens (tertiary/aromatic N) is 3. The van der Waals surface area contributed by atoms with Gasteiger partial charge in [-0.2, -0.15) is 5.10 Å². The number of rotatable bonds is 5. The Morgan fingerprint density at radius 3 is 2.84 bits per heavy atom. The molecule has 1 aromatic carbocycles. The first kappa shape index (κ1) is 17.4. The van der Waals surface area contributed by atoms with Crippen molar-refractivity contribution in [2.24, 2.45) is 7.05 Å². The van der Waals surface area contributed by atoms with E-state index in [4.69, 9.17) is 0 Å². The lowest BCUT2D eigenvalue weighted by molar-refractivity contribution is 0.247. The van der Waals surface area contributed by atoms with E-state index in [1.807, 2.05) is 11.7 Å². The number of urea groups is 1. The minimum atomic E-state index is -0.320. The molecule has 1 aliphatic heterocycles. The lowest BCUT2D eigenvalue weighted by atomic mass is 10.2. The van der Waals surface area contributed by atoms with E-state index in [-0.39, 0.29) is 17.9 Å². The molecule has 1 aliphatic rings. The second-order valence-electron chi connectivity index (χ2n) is 6.45. The van der Waals surface area contributed by atoms with Gasteiger partial charge in [-0.1, -0.05) is 6.92 Å². The summed E-state index contributed by atoms with van der Waals surface area (Å²) in [4.78, 5) is 14.4. The summed E-state index contributed by atoms with van der Waals surface area (Å²) < 4.78 is 14.7. The van der Waals surface area contributed by atoms with Gasteiger partial charge in [-0.25, -0.2) is 9.18 Å². The predicted molar refractivity (Wildman–Crippen MR) is 94.8 cm³/mol. The predicted octanol–water partition coefficient (Wildman–Crippen LogP) is 2.52. The third kappa shape index (κ3) is 4.57. The fourth-order valence-electron chi connectivity index (χ4n) is 3.23. The van der Waals surface area contributed by atoms with Gasteiger partial charge in [-0.05, 0) is 37.1 Å². The van der Waals surface area contributed by atoms with Crippen LogP contribution in [0.3, 0.4) is 0 Å². The number of hydrogen-bond acceptors (Lipinski definition) is 3. The van der Waals surface area contributed by atoms with Crippen LogP contribution in [0.2, 0.25) is 0 Å². The Hall–Kier alpha value is -2.41. The molecule has 1 aromatic heterocycles. The molecule has 25 heavy (non-hydrogen) atoms. The average Bonchev–Trinajstić information content (AvgIpc) is 3.16. The zero-order valence-corrected chi connectivity index (χ0v) is 14.6. The number of carbonyl (C=O) groups excluding carboxylic acids is 1. The first-order valence-electron chi connectivity index (χ1n) is 8.60. The maximum Gasteiger partial charge on any atom is 0.319 e. The quantitative estimate of drug-likeness (QED) is 0.875. The van der Waals surface area contributed by atoms with Crippen LogP contribution < -0.4 is 10.6 Å². The fourth-order valence-corrected chi connectivity index (χ4v) is 3.23. The molecule has 0 spiro atoms. The van der Waals surface area contributed by atoms with Crippen LogP contribution in [-0.2, 0) is 20.0 Å². The number of nitrogens with one attached hydrogen (secondary N) is 2. The van der Waals surface area contributed by atoms with Crippen molar-refractivity contribution < 1.29 is 9.18 Å². The maximum absolute atomic E-state index is 12.9. The van der Waals surface area contributed by atoms with Gasteiger partial charge in [0.05, 0.1) is 5.69 Å². The minimum Gasteiger partial charge on any atom is -0.334 e. The van der Waals surface area contributed by atoms with Gasteiger partial charge in [0.1, 0.15) is 5.82 Å². The second kappa shape index (κ2) is 7.65. The number of anilines is 1. The Labute approximate surface area is 147 Å². The van der Waals surface area contributed by atoms with E-state index in [1.54, 1.807) is 12.1 Å². The third-order valence-corrected chi connectivity index (χ3v) is 4.43. The van der Waals surface area contributed by atoms with Crippen LogP contribution in [0.25, 0.3) is 0 Å². The van der Waals surface area contributed by atoms with Crippen LogP contribution in [0.4, 0.5) is 14.9 Å². The maximum atomic E-state index is 12.9. The summed E-state index contributed by atoms with van der Waals surface area (Å²) in [6, 6.07) is 5.60. The van der Waals surface area contributed by atoms with E-state index in [0.717, 1.165) is 38.2 Å². The molecule has 2 heterocycles. The monoisotopic (exact) mass is 345 g/mol. The topological polar surface area (TPSA) is 62.2 Å². The average molecular weight is 345 g/mol. The molecule has 3 rings (SSSR count). The Morgan fingerprint density at radius 2 is 2.12 bits per heavy atom. The third-order valence-electron chi connectivity index (χ3n) is 4.43. The molecule has 2 amide bonds. The molecule has 1 fully saturated rings. The highest BCUT2D eigenvalue weighted by atomic mass is 19.1. The van der Waals surface area contributed by atoms with Gasteiger partial charge >= 0.3 is 6.03 Å². The number of benzene rings is 1. The van der Waals surface area contributed by atoms with Crippen LogP contribution in [0.1, 0.15) is 24.6 Å². The molecule has 0 saturated carbocycles. The van der Waals surface area contributed by atoms with Gasteiger partial charge in [-0.15, -0.1) is 0 Å². The normalized spacial score (nSPS) is 17.6. The van der Waals surface area contributed by atoms with Crippen LogP contribution in [0.15, 0.2) is 30.5 Å². The number of likely N-dealkylation sites (tertiary alicyclic amines) is 1. The fraction of sp³-hybridized carbons (Fsp3) is 0.444. The first-order chi connectivity index (χ1) is 12.0. The molecule has 7 heteroatoms. The molecule has 0 unspecified atom stereocenters. The first-order valence-corrected chi connectivity index (χ1v) is 8.60. The summed E-state index contributed by atoms with van der Waals surface area (Å²) in [6.45, 7) is 4.73. The Balaban J connectivity index is 1.49. The summed E-state index contributed by atoms with van der Waals surface area (Å²) in [5.41, 5.74) is 2.96. The van der Waals surface area contributed by atoms with Gasteiger partial charge in [0.2, 0.25) is 0 Å². The Morgan fingerprint density at radius 1 is 1.36 bits per heavy atom. The Kier molecular flexibility index (Phi) is 5.33. The van der Waals surface area contributed by atoms with Gasteiger partial charge in [0.25, 0.3) is 0 Å². The van der Waals surface area contributed by atoms with Crippen molar-refractivity contribution >= 4 is 11.7 Å². The molecular weight excluding hydrogens is 321 g/mol. The van der Waals surface area contributed by atoms with Crippen molar-refractivity contribution in [2.45, 2.75) is 32.4 Å². The van der Waals surface area contributed by atoms with Crippen molar-refractivity contribution in [1.29, 1.82) is 0 Å². The molecule has 6 nitrogen and oxygen atoms in total. The summed E-state index contributed by atoms with van der Waals surface area (Å²) in [5.74, 6) is -0.320. The number of carbonyl (C=O) groups is 1. The second-order valence-corrected chi connectivity index (χ2v) is 6.45. The van der Waals surface area contributed by atoms with E-state index in [9.17, 15) is 9.18 Å². The summed E-state index contributed by atoms with van der Waals surface area (Å²) in [6.07, 6.45) is 3.91. The summed E-state index contributed by atoms with van der Waals surface area (Å²) in [7, 11) is 1.94. The molecule has 2 N–H and O–H groups in total. The molecule has 0 aliphatic carbocycles. The summed E-state index contributed by atoms with van der Waals surface area (Å²) >= 11 is 0. The van der Waals surface area contributed by atoms with E-state index in [2.05, 4.69) is 33.8 Å². The largest absolute Gasteiger partial charge is 0.334 e. The van der Waals surface area contributed by atoms with E-state index in [1.165, 1.54) is 17.7 Å². The van der Waals surface area contributed by atoms with E-state index in [0.29, 0.717) is 5.69 Å². The number of amides is 2. The Bertz CT molecular complexity index is 728. The summed E-state index contributed by atoms with van der Waals surface area (Å²) in [5, 5.41) is 10.2.